The van der Waals surface area contributed by atoms with Crippen LogP contribution in [0.5, 0.6) is 11.5 Å². The first-order chi connectivity index (χ1) is 29.4. The molecule has 2 saturated heterocycles. The zero-order chi connectivity index (χ0) is 43.5. The third-order valence-corrected chi connectivity index (χ3v) is 13.9. The molecule has 6 rings (SSSR count). The molecule has 328 valence electrons. The number of nitrogens with zero attached hydrogens (tertiary/aromatic N) is 4. The Morgan fingerprint density at radius 1 is 0.492 bits per heavy atom. The van der Waals surface area contributed by atoms with Crippen LogP contribution in [0.15, 0.2) is 102 Å². The largest absolute Gasteiger partial charge is 0.594 e. The minimum Gasteiger partial charge on any atom is -0.594 e. The van der Waals surface area contributed by atoms with E-state index in [2.05, 4.69) is 19.0 Å². The third-order valence-electron chi connectivity index (χ3n) is 13.9. The Morgan fingerprint density at radius 3 is 1.16 bits per heavy atom. The highest BCUT2D eigenvalue weighted by Gasteiger charge is 2.54. The quantitative estimate of drug-likeness (QED) is 0.0340. The molecule has 0 saturated carbocycles. The van der Waals surface area contributed by atoms with Crippen molar-refractivity contribution in [2.45, 2.75) is 166 Å². The molecule has 9 nitrogen and oxygen atoms in total. The summed E-state index contributed by atoms with van der Waals surface area (Å²) in [6.07, 6.45) is 17.5. The molecular formula is C52H70N4O5. The molecule has 2 fully saturated rings. The van der Waals surface area contributed by atoms with Crippen LogP contribution in [0.25, 0.3) is 0 Å². The lowest BCUT2D eigenvalue weighted by Crippen LogP contribution is -2.44. The van der Waals surface area contributed by atoms with Crippen molar-refractivity contribution in [1.82, 2.24) is 10.1 Å². The van der Waals surface area contributed by atoms with Crippen LogP contribution in [0.4, 0.5) is 11.4 Å². The maximum absolute atomic E-state index is 14.1. The Bertz CT molecular complexity index is 1990. The first-order valence-electron chi connectivity index (χ1n) is 23.2. The molecule has 0 spiro atoms. The highest BCUT2D eigenvalue weighted by molar-refractivity contribution is 5.43. The van der Waals surface area contributed by atoms with Crippen LogP contribution < -0.4 is 9.47 Å². The van der Waals surface area contributed by atoms with Gasteiger partial charge in [0.05, 0.1) is 35.4 Å². The van der Waals surface area contributed by atoms with Gasteiger partial charge < -0.3 is 14.7 Å². The highest BCUT2D eigenvalue weighted by atomic mass is 16.5. The maximum Gasteiger partial charge on any atom is 0.244 e. The monoisotopic (exact) mass is 831 g/mol. The Hall–Kier alpha value is -4.28. The van der Waals surface area contributed by atoms with E-state index in [0.29, 0.717) is 55.1 Å². The van der Waals surface area contributed by atoms with Crippen molar-refractivity contribution >= 4 is 11.4 Å². The Kier molecular flexibility index (Phi) is 15.7. The Labute approximate surface area is 365 Å². The number of benzene rings is 4. The van der Waals surface area contributed by atoms with Gasteiger partial charge in [0.1, 0.15) is 17.2 Å². The van der Waals surface area contributed by atoms with Gasteiger partial charge in [-0.1, -0.05) is 131 Å². The SMILES string of the molecule is CCCCCCCCOc1ccc([C@]2(C)CC[C@@](C)(c3ccc(N=[N+]([O-])c4ccc([C@]5(C)CC[C@@](C)(c6ccc(OCCCCCCCC)cc6)N5[O])cc4)cc3)N2[O])cc1. The van der Waals surface area contributed by atoms with Crippen LogP contribution in [0.3, 0.4) is 0 Å². The van der Waals surface area contributed by atoms with Gasteiger partial charge in [-0.3, -0.25) is 0 Å². The zero-order valence-electron chi connectivity index (χ0n) is 37.8. The van der Waals surface area contributed by atoms with E-state index in [0.717, 1.165) is 46.6 Å². The normalized spacial score (nSPS) is 24.7. The lowest BCUT2D eigenvalue weighted by atomic mass is 9.89. The molecule has 4 atom stereocenters. The molecule has 0 bridgehead atoms. The summed E-state index contributed by atoms with van der Waals surface area (Å²) < 4.78 is 12.0. The molecule has 2 aliphatic heterocycles. The van der Waals surface area contributed by atoms with E-state index in [1.807, 2.05) is 100 Å². The number of ether oxygens (including phenoxy) is 2. The number of hydrogen-bond acceptors (Lipinski definition) is 6. The van der Waals surface area contributed by atoms with Crippen molar-refractivity contribution in [3.63, 3.8) is 0 Å². The zero-order valence-corrected chi connectivity index (χ0v) is 37.8. The standard InChI is InChI=1S/C52H70N4O5/c1-7-9-11-13-15-17-39-60-47-31-23-43(24-32-47)51(5)37-35-49(3,55(51)58)41-19-27-45(28-20-41)53-54(57)46-29-21-42(22-30-46)50(4)36-38-52(6,56(50)59)44-25-33-48(34-26-44)61-40-18-16-14-12-10-8-2/h19-34H,7-18,35-40H2,1-6H3/t49-,50-,51-,52-/m0/s1. The summed E-state index contributed by atoms with van der Waals surface area (Å²) in [5.74, 6) is 1.67. The van der Waals surface area contributed by atoms with Gasteiger partial charge in [-0.15, -0.1) is 20.5 Å². The average Bonchev–Trinajstić information content (AvgIpc) is 3.68. The second-order valence-corrected chi connectivity index (χ2v) is 18.4. The van der Waals surface area contributed by atoms with E-state index in [1.165, 1.54) is 74.3 Å². The van der Waals surface area contributed by atoms with Crippen LogP contribution in [0.1, 0.15) is 167 Å². The van der Waals surface area contributed by atoms with Crippen LogP contribution in [0, 0.1) is 5.21 Å². The van der Waals surface area contributed by atoms with E-state index in [-0.39, 0.29) is 0 Å². The Balaban J connectivity index is 1.03. The number of rotatable bonds is 22. The molecule has 0 aliphatic carbocycles. The molecule has 9 heteroatoms. The fourth-order valence-electron chi connectivity index (χ4n) is 9.48. The summed E-state index contributed by atoms with van der Waals surface area (Å²) in [6.45, 7) is 13.9. The molecule has 0 N–H and O–H groups in total. The van der Waals surface area contributed by atoms with E-state index in [4.69, 9.17) is 9.47 Å². The van der Waals surface area contributed by atoms with Crippen molar-refractivity contribution in [3.8, 4) is 11.5 Å². The van der Waals surface area contributed by atoms with Crippen molar-refractivity contribution in [2.75, 3.05) is 13.2 Å². The minimum atomic E-state index is -0.756. The number of azo groups is 1. The predicted octanol–water partition coefficient (Wildman–Crippen LogP) is 14.2. The van der Waals surface area contributed by atoms with Gasteiger partial charge in [0.15, 0.2) is 0 Å². The topological polar surface area (TPSA) is 103 Å². The van der Waals surface area contributed by atoms with Crippen molar-refractivity contribution < 1.29 is 24.7 Å². The van der Waals surface area contributed by atoms with Crippen LogP contribution in [-0.4, -0.2) is 28.2 Å². The molecule has 0 aromatic heterocycles. The molecule has 2 heterocycles. The predicted molar refractivity (Wildman–Crippen MR) is 242 cm³/mol. The summed E-state index contributed by atoms with van der Waals surface area (Å²) in [4.78, 5) is 0.611. The van der Waals surface area contributed by atoms with Gasteiger partial charge in [0.25, 0.3) is 0 Å². The van der Waals surface area contributed by atoms with Gasteiger partial charge in [-0.25, -0.2) is 0 Å². The smallest absolute Gasteiger partial charge is 0.244 e. The lowest BCUT2D eigenvalue weighted by Gasteiger charge is -2.37. The average molecular weight is 831 g/mol. The van der Waals surface area contributed by atoms with Crippen LogP contribution in [0.2, 0.25) is 0 Å². The van der Waals surface area contributed by atoms with Gasteiger partial charge in [-0.2, -0.15) is 0 Å². The molecule has 4 aromatic carbocycles. The highest BCUT2D eigenvalue weighted by Crippen LogP contribution is 2.52. The molecule has 0 unspecified atom stereocenters. The van der Waals surface area contributed by atoms with Crippen molar-refractivity contribution in [1.29, 1.82) is 0 Å². The third kappa shape index (κ3) is 10.5. The second-order valence-electron chi connectivity index (χ2n) is 18.4. The maximum atomic E-state index is 14.1. The van der Waals surface area contributed by atoms with Gasteiger partial charge in [0.2, 0.25) is 5.69 Å². The minimum absolute atomic E-state index is 0.370. The summed E-state index contributed by atoms with van der Waals surface area (Å²) >= 11 is 0. The summed E-state index contributed by atoms with van der Waals surface area (Å²) in [6, 6.07) is 30.6. The second kappa shape index (κ2) is 20.7. The van der Waals surface area contributed by atoms with Crippen molar-refractivity contribution in [2.24, 2.45) is 5.11 Å². The van der Waals surface area contributed by atoms with E-state index in [9.17, 15) is 15.6 Å². The first kappa shape index (κ1) is 46.2. The van der Waals surface area contributed by atoms with Gasteiger partial charge in [-0.05, 0) is 125 Å². The molecule has 0 amide bonds. The summed E-state index contributed by atoms with van der Waals surface area (Å²) in [5, 5.41) is 48.4. The van der Waals surface area contributed by atoms with E-state index in [1.54, 1.807) is 24.3 Å². The van der Waals surface area contributed by atoms with Crippen LogP contribution in [-0.2, 0) is 32.6 Å². The molecular weight excluding hydrogens is 761 g/mol. The fourth-order valence-corrected chi connectivity index (χ4v) is 9.48. The fraction of sp³-hybridized carbons (Fsp3) is 0.538. The molecule has 2 radical (unpaired) electrons. The number of hydrogen-bond donors (Lipinski definition) is 0. The first-order valence-corrected chi connectivity index (χ1v) is 23.2. The molecule has 61 heavy (non-hydrogen) atoms. The summed E-state index contributed by atoms with van der Waals surface area (Å²) in [7, 11) is 0. The van der Waals surface area contributed by atoms with Gasteiger partial charge in [0, 0.05) is 17.2 Å². The number of unbranched alkanes of at least 4 members (excludes halogenated alkanes) is 10. The van der Waals surface area contributed by atoms with E-state index < -0.39 is 22.2 Å². The van der Waals surface area contributed by atoms with Gasteiger partial charge >= 0.3 is 0 Å². The van der Waals surface area contributed by atoms with Crippen LogP contribution >= 0.6 is 0 Å². The van der Waals surface area contributed by atoms with Crippen molar-refractivity contribution in [3.05, 3.63) is 125 Å². The summed E-state index contributed by atoms with van der Waals surface area (Å²) in [5.41, 5.74) is 1.69. The Morgan fingerprint density at radius 2 is 0.803 bits per heavy atom. The molecule has 4 aromatic rings. The van der Waals surface area contributed by atoms with E-state index >= 15 is 0 Å². The molecule has 2 aliphatic rings. The lowest BCUT2D eigenvalue weighted by molar-refractivity contribution is -0.435. The number of hydroxylamine groups is 4.